The highest BCUT2D eigenvalue weighted by atomic mass is 16.6. The van der Waals surface area contributed by atoms with Crippen molar-refractivity contribution in [2.45, 2.75) is 213 Å². The molecule has 0 saturated heterocycles. The van der Waals surface area contributed by atoms with E-state index in [2.05, 4.69) is 86.8 Å². The Morgan fingerprint density at radius 1 is 0.444 bits per heavy atom. The fourth-order valence-electron chi connectivity index (χ4n) is 6.10. The Kier molecular flexibility index (Phi) is 42.5. The Bertz CT molecular complexity index is 988. The maximum absolute atomic E-state index is 12.2. The molecule has 0 aliphatic rings. The molecule has 0 amide bonds. The maximum atomic E-state index is 12.2. The van der Waals surface area contributed by atoms with E-state index in [1.54, 1.807) is 0 Å². The van der Waals surface area contributed by atoms with E-state index in [1.165, 1.54) is 103 Å². The molecule has 0 aliphatic heterocycles. The zero-order valence-corrected chi connectivity index (χ0v) is 35.2. The molecule has 54 heavy (non-hydrogen) atoms. The molecule has 1 N–H and O–H groups in total. The predicted molar refractivity (Wildman–Crippen MR) is 233 cm³/mol. The van der Waals surface area contributed by atoms with Crippen LogP contribution in [0.4, 0.5) is 0 Å². The van der Waals surface area contributed by atoms with E-state index in [1.807, 2.05) is 0 Å². The summed E-state index contributed by atoms with van der Waals surface area (Å²) < 4.78 is 10.6. The first-order chi connectivity index (χ1) is 26.6. The van der Waals surface area contributed by atoms with Crippen molar-refractivity contribution in [3.8, 4) is 0 Å². The standard InChI is InChI=1S/C49H84O5/c1-3-5-7-9-11-13-15-17-19-20-21-22-23-24-25-26-27-28-30-32-34-36-38-40-42-44-49(52)54-47(45-50)46-53-48(51)43-41-39-37-35-33-31-29-18-16-14-12-10-8-6-4-2/h5,7,11-14,17-19,21-22,29,47,50H,3-4,6,8-10,15-16,20,23-28,30-46H2,1-2H3/b7-5-,13-11-,14-12-,19-17-,22-21-,29-18-. The lowest BCUT2D eigenvalue weighted by atomic mass is 10.0. The fraction of sp³-hybridized carbons (Fsp3) is 0.714. The number of ether oxygens (including phenoxy) is 2. The number of hydrogen-bond acceptors (Lipinski definition) is 5. The number of aliphatic hydroxyl groups is 1. The van der Waals surface area contributed by atoms with E-state index in [4.69, 9.17) is 9.47 Å². The van der Waals surface area contributed by atoms with Crippen LogP contribution in [0.1, 0.15) is 206 Å². The minimum absolute atomic E-state index is 0.0760. The Labute approximate surface area is 333 Å². The summed E-state index contributed by atoms with van der Waals surface area (Å²) in [4.78, 5) is 24.3. The molecule has 310 valence electrons. The molecule has 0 aromatic rings. The Morgan fingerprint density at radius 3 is 1.20 bits per heavy atom. The predicted octanol–water partition coefficient (Wildman–Crippen LogP) is 14.5. The third-order valence-corrected chi connectivity index (χ3v) is 9.48. The van der Waals surface area contributed by atoms with E-state index >= 15 is 0 Å². The number of esters is 2. The third kappa shape index (κ3) is 42.1. The van der Waals surface area contributed by atoms with Gasteiger partial charge in [-0.3, -0.25) is 9.59 Å². The van der Waals surface area contributed by atoms with Crippen LogP contribution in [0.2, 0.25) is 0 Å². The van der Waals surface area contributed by atoms with Crippen LogP contribution in [0.15, 0.2) is 72.9 Å². The van der Waals surface area contributed by atoms with Crippen molar-refractivity contribution in [3.63, 3.8) is 0 Å². The highest BCUT2D eigenvalue weighted by Crippen LogP contribution is 2.14. The highest BCUT2D eigenvalue weighted by Gasteiger charge is 2.16. The maximum Gasteiger partial charge on any atom is 0.306 e. The van der Waals surface area contributed by atoms with E-state index in [0.717, 1.165) is 77.0 Å². The minimum atomic E-state index is -0.781. The molecule has 0 aliphatic carbocycles. The first kappa shape index (κ1) is 51.3. The van der Waals surface area contributed by atoms with Crippen LogP contribution in [0.25, 0.3) is 0 Å². The summed E-state index contributed by atoms with van der Waals surface area (Å²) in [6.07, 6.45) is 59.7. The number of rotatable bonds is 40. The van der Waals surface area contributed by atoms with Crippen LogP contribution < -0.4 is 0 Å². The average Bonchev–Trinajstić information content (AvgIpc) is 3.17. The molecule has 5 nitrogen and oxygen atoms in total. The van der Waals surface area contributed by atoms with Gasteiger partial charge in [-0.15, -0.1) is 0 Å². The Balaban J connectivity index is 3.55. The molecule has 1 unspecified atom stereocenters. The van der Waals surface area contributed by atoms with Crippen LogP contribution >= 0.6 is 0 Å². The van der Waals surface area contributed by atoms with Crippen molar-refractivity contribution in [2.75, 3.05) is 13.2 Å². The zero-order valence-electron chi connectivity index (χ0n) is 35.2. The largest absolute Gasteiger partial charge is 0.462 e. The topological polar surface area (TPSA) is 72.8 Å². The molecule has 0 aromatic carbocycles. The average molecular weight is 753 g/mol. The lowest BCUT2D eigenvalue weighted by molar-refractivity contribution is -0.161. The number of hydrogen-bond donors (Lipinski definition) is 1. The minimum Gasteiger partial charge on any atom is -0.462 e. The number of carbonyl (C=O) groups excluding carboxylic acids is 2. The second kappa shape index (κ2) is 44.7. The van der Waals surface area contributed by atoms with Gasteiger partial charge in [-0.1, -0.05) is 183 Å². The van der Waals surface area contributed by atoms with Crippen molar-refractivity contribution in [1.82, 2.24) is 0 Å². The van der Waals surface area contributed by atoms with Gasteiger partial charge in [-0.25, -0.2) is 0 Å². The number of allylic oxidation sites excluding steroid dienone is 12. The van der Waals surface area contributed by atoms with Crippen LogP contribution in [-0.2, 0) is 19.1 Å². The quantitative estimate of drug-likeness (QED) is 0.0383. The van der Waals surface area contributed by atoms with Crippen LogP contribution in [-0.4, -0.2) is 36.4 Å². The van der Waals surface area contributed by atoms with Gasteiger partial charge in [-0.2, -0.15) is 0 Å². The second-order valence-corrected chi connectivity index (χ2v) is 14.7. The second-order valence-electron chi connectivity index (χ2n) is 14.7. The highest BCUT2D eigenvalue weighted by molar-refractivity contribution is 5.70. The molecule has 0 rings (SSSR count). The number of aliphatic hydroxyl groups excluding tert-OH is 1. The molecule has 0 fully saturated rings. The summed E-state index contributed by atoms with van der Waals surface area (Å²) >= 11 is 0. The Hall–Kier alpha value is -2.66. The third-order valence-electron chi connectivity index (χ3n) is 9.48. The summed E-state index contributed by atoms with van der Waals surface area (Å²) in [6, 6.07) is 0. The molecule has 0 saturated carbocycles. The smallest absolute Gasteiger partial charge is 0.306 e. The van der Waals surface area contributed by atoms with Gasteiger partial charge in [0.15, 0.2) is 6.10 Å². The van der Waals surface area contributed by atoms with Gasteiger partial charge in [0.1, 0.15) is 6.61 Å². The van der Waals surface area contributed by atoms with Gasteiger partial charge in [0.2, 0.25) is 0 Å². The van der Waals surface area contributed by atoms with Gasteiger partial charge in [-0.05, 0) is 83.5 Å². The zero-order chi connectivity index (χ0) is 39.3. The molecule has 0 heterocycles. The van der Waals surface area contributed by atoms with Gasteiger partial charge >= 0.3 is 11.9 Å². The summed E-state index contributed by atoms with van der Waals surface area (Å²) in [5, 5.41) is 9.59. The lowest BCUT2D eigenvalue weighted by Crippen LogP contribution is -2.28. The summed E-state index contributed by atoms with van der Waals surface area (Å²) in [6.45, 7) is 3.99. The van der Waals surface area contributed by atoms with Gasteiger partial charge in [0.05, 0.1) is 6.61 Å². The number of carbonyl (C=O) groups is 2. The van der Waals surface area contributed by atoms with Crippen molar-refractivity contribution < 1.29 is 24.2 Å². The first-order valence-electron chi connectivity index (χ1n) is 22.5. The van der Waals surface area contributed by atoms with Crippen molar-refractivity contribution in [2.24, 2.45) is 0 Å². The van der Waals surface area contributed by atoms with Gasteiger partial charge < -0.3 is 14.6 Å². The molecule has 0 bridgehead atoms. The van der Waals surface area contributed by atoms with Gasteiger partial charge in [0, 0.05) is 12.8 Å². The van der Waals surface area contributed by atoms with E-state index in [0.29, 0.717) is 12.8 Å². The molecule has 0 radical (unpaired) electrons. The SMILES string of the molecule is CC/C=C\C/C=C\C/C=C\C/C=C\CCCCCCCCCCCCCCC(=O)OC(CO)COC(=O)CCCCCCC/C=C\C/C=C\CCCCC. The molecular weight excluding hydrogens is 669 g/mol. The van der Waals surface area contributed by atoms with Crippen LogP contribution in [0, 0.1) is 0 Å². The van der Waals surface area contributed by atoms with E-state index in [-0.39, 0.29) is 25.2 Å². The van der Waals surface area contributed by atoms with E-state index in [9.17, 15) is 14.7 Å². The fourth-order valence-corrected chi connectivity index (χ4v) is 6.10. The molecule has 5 heteroatoms. The lowest BCUT2D eigenvalue weighted by Gasteiger charge is -2.15. The van der Waals surface area contributed by atoms with Crippen LogP contribution in [0.3, 0.4) is 0 Å². The summed E-state index contributed by atoms with van der Waals surface area (Å²) in [5.41, 5.74) is 0. The van der Waals surface area contributed by atoms with Crippen molar-refractivity contribution in [3.05, 3.63) is 72.9 Å². The normalized spacial score (nSPS) is 12.9. The van der Waals surface area contributed by atoms with Crippen molar-refractivity contribution >= 4 is 11.9 Å². The summed E-state index contributed by atoms with van der Waals surface area (Å²) in [7, 11) is 0. The van der Waals surface area contributed by atoms with Gasteiger partial charge in [0.25, 0.3) is 0 Å². The number of unbranched alkanes of at least 4 members (excludes halogenated alkanes) is 20. The van der Waals surface area contributed by atoms with Crippen molar-refractivity contribution in [1.29, 1.82) is 0 Å². The van der Waals surface area contributed by atoms with Crippen LogP contribution in [0.5, 0.6) is 0 Å². The van der Waals surface area contributed by atoms with E-state index < -0.39 is 6.10 Å². The first-order valence-corrected chi connectivity index (χ1v) is 22.5. The Morgan fingerprint density at radius 2 is 0.796 bits per heavy atom. The molecule has 0 aromatic heterocycles. The summed E-state index contributed by atoms with van der Waals surface area (Å²) in [5.74, 6) is -0.610. The molecule has 1 atom stereocenters. The monoisotopic (exact) mass is 753 g/mol. The molecular formula is C49H84O5. The molecule has 0 spiro atoms.